The summed E-state index contributed by atoms with van der Waals surface area (Å²) in [4.78, 5) is 26.8. The number of nitrogens with zero attached hydrogens (tertiary/aromatic N) is 1. The standard InChI is InChI=1S/C17H18F3NO3/c1-15(2)12-8-9-16(15,3)14(23)21(13(12)22)10-4-6-11(7-5-10)24-17(18,19)20/h4-7,12H,8-9H2,1-3H3/t12-,16+/m0/s1. The molecular weight excluding hydrogens is 323 g/mol. The number of benzene rings is 1. The summed E-state index contributed by atoms with van der Waals surface area (Å²) in [6.45, 7) is 5.71. The number of anilines is 1. The van der Waals surface area contributed by atoms with Crippen molar-refractivity contribution in [3.8, 4) is 5.75 Å². The summed E-state index contributed by atoms with van der Waals surface area (Å²) in [5.41, 5.74) is -0.822. The third kappa shape index (κ3) is 2.29. The molecule has 0 spiro atoms. The first kappa shape index (κ1) is 16.8. The monoisotopic (exact) mass is 341 g/mol. The van der Waals surface area contributed by atoms with Crippen LogP contribution in [-0.2, 0) is 9.59 Å². The molecule has 2 amide bonds. The summed E-state index contributed by atoms with van der Waals surface area (Å²) in [5, 5.41) is 0. The Morgan fingerprint density at radius 1 is 1.12 bits per heavy atom. The summed E-state index contributed by atoms with van der Waals surface area (Å²) in [6.07, 6.45) is -3.52. The van der Waals surface area contributed by atoms with Crippen LogP contribution in [0.3, 0.4) is 0 Å². The van der Waals surface area contributed by atoms with E-state index >= 15 is 0 Å². The van der Waals surface area contributed by atoms with Gasteiger partial charge in [-0.05, 0) is 42.5 Å². The maximum absolute atomic E-state index is 12.9. The molecule has 1 aliphatic carbocycles. The lowest BCUT2D eigenvalue weighted by atomic mass is 9.62. The predicted molar refractivity (Wildman–Crippen MR) is 80.2 cm³/mol. The van der Waals surface area contributed by atoms with Crippen LogP contribution >= 0.6 is 0 Å². The molecule has 0 radical (unpaired) electrons. The number of hydrogen-bond donors (Lipinski definition) is 0. The molecule has 7 heteroatoms. The molecule has 2 fully saturated rings. The highest BCUT2D eigenvalue weighted by Gasteiger charge is 2.64. The number of imide groups is 1. The Labute approximate surface area is 137 Å². The van der Waals surface area contributed by atoms with Crippen molar-refractivity contribution in [1.82, 2.24) is 0 Å². The molecule has 3 rings (SSSR count). The average Bonchev–Trinajstić information content (AvgIpc) is 2.64. The van der Waals surface area contributed by atoms with Gasteiger partial charge in [0, 0.05) is 5.92 Å². The van der Waals surface area contributed by atoms with E-state index in [1.807, 2.05) is 20.8 Å². The molecule has 0 unspecified atom stereocenters. The lowest BCUT2D eigenvalue weighted by Gasteiger charge is -2.47. The first-order valence-corrected chi connectivity index (χ1v) is 7.71. The number of carbonyl (C=O) groups is 2. The molecule has 1 saturated heterocycles. The molecule has 1 aliphatic heterocycles. The van der Waals surface area contributed by atoms with Crippen molar-refractivity contribution in [2.45, 2.75) is 40.0 Å². The van der Waals surface area contributed by atoms with Gasteiger partial charge in [-0.3, -0.25) is 9.59 Å². The zero-order valence-corrected chi connectivity index (χ0v) is 13.6. The van der Waals surface area contributed by atoms with Gasteiger partial charge in [-0.2, -0.15) is 0 Å². The molecule has 0 N–H and O–H groups in total. The van der Waals surface area contributed by atoms with E-state index < -0.39 is 22.9 Å². The third-order valence-electron chi connectivity index (χ3n) is 5.75. The summed E-state index contributed by atoms with van der Waals surface area (Å²) < 4.78 is 40.5. The Bertz CT molecular complexity index is 696. The second-order valence-corrected chi connectivity index (χ2v) is 7.17. The number of rotatable bonds is 2. The number of piperidine rings is 1. The van der Waals surface area contributed by atoms with Crippen LogP contribution in [0.15, 0.2) is 24.3 Å². The number of fused-ring (bicyclic) bond motifs is 2. The van der Waals surface area contributed by atoms with Crippen LogP contribution in [0.25, 0.3) is 0 Å². The molecule has 2 bridgehead atoms. The van der Waals surface area contributed by atoms with Crippen molar-refractivity contribution in [3.63, 3.8) is 0 Å². The van der Waals surface area contributed by atoms with Crippen molar-refractivity contribution >= 4 is 17.5 Å². The van der Waals surface area contributed by atoms with Gasteiger partial charge in [0.2, 0.25) is 11.8 Å². The van der Waals surface area contributed by atoms with Crippen molar-refractivity contribution in [2.24, 2.45) is 16.7 Å². The quantitative estimate of drug-likeness (QED) is 0.767. The molecular formula is C17H18F3NO3. The Morgan fingerprint density at radius 3 is 2.25 bits per heavy atom. The summed E-state index contributed by atoms with van der Waals surface area (Å²) >= 11 is 0. The number of alkyl halides is 3. The van der Waals surface area contributed by atoms with Crippen molar-refractivity contribution in [2.75, 3.05) is 4.90 Å². The minimum Gasteiger partial charge on any atom is -0.406 e. The molecule has 130 valence electrons. The SMILES string of the molecule is CC1(C)[C@H]2CC[C@]1(C)C(=O)N(c1ccc(OC(F)(F)F)cc1)C2=O. The van der Waals surface area contributed by atoms with Crippen LogP contribution in [0.1, 0.15) is 33.6 Å². The smallest absolute Gasteiger partial charge is 0.406 e. The van der Waals surface area contributed by atoms with E-state index in [1.165, 1.54) is 12.1 Å². The second kappa shape index (κ2) is 4.97. The first-order chi connectivity index (χ1) is 11.0. The minimum atomic E-state index is -4.78. The van der Waals surface area contributed by atoms with Gasteiger partial charge in [-0.15, -0.1) is 13.2 Å². The normalized spacial score (nSPS) is 29.1. The van der Waals surface area contributed by atoms with Crippen molar-refractivity contribution < 1.29 is 27.5 Å². The van der Waals surface area contributed by atoms with Crippen LogP contribution in [0.2, 0.25) is 0 Å². The van der Waals surface area contributed by atoms with Gasteiger partial charge in [-0.25, -0.2) is 4.90 Å². The molecule has 24 heavy (non-hydrogen) atoms. The Hall–Kier alpha value is -2.05. The first-order valence-electron chi connectivity index (χ1n) is 7.71. The number of halogens is 3. The molecule has 1 aromatic carbocycles. The zero-order valence-electron chi connectivity index (χ0n) is 13.6. The van der Waals surface area contributed by atoms with E-state index in [0.29, 0.717) is 12.8 Å². The van der Waals surface area contributed by atoms with Crippen molar-refractivity contribution in [3.05, 3.63) is 24.3 Å². The van der Waals surface area contributed by atoms with Gasteiger partial charge in [0.1, 0.15) is 5.75 Å². The summed E-state index contributed by atoms with van der Waals surface area (Å²) in [5.74, 6) is -1.25. The van der Waals surface area contributed by atoms with Gasteiger partial charge in [0.15, 0.2) is 0 Å². The van der Waals surface area contributed by atoms with E-state index in [1.54, 1.807) is 0 Å². The largest absolute Gasteiger partial charge is 0.573 e. The highest BCUT2D eigenvalue weighted by atomic mass is 19.4. The van der Waals surface area contributed by atoms with Crippen LogP contribution < -0.4 is 9.64 Å². The van der Waals surface area contributed by atoms with Crippen LogP contribution in [0.5, 0.6) is 5.75 Å². The van der Waals surface area contributed by atoms with E-state index in [-0.39, 0.29) is 23.4 Å². The third-order valence-corrected chi connectivity index (χ3v) is 5.75. The van der Waals surface area contributed by atoms with Gasteiger partial charge < -0.3 is 4.74 Å². The molecule has 1 heterocycles. The predicted octanol–water partition coefficient (Wildman–Crippen LogP) is 3.90. The van der Waals surface area contributed by atoms with Gasteiger partial charge in [0.05, 0.1) is 11.1 Å². The number of amides is 2. The summed E-state index contributed by atoms with van der Waals surface area (Å²) in [6, 6.07) is 4.82. The Balaban J connectivity index is 1.93. The maximum atomic E-state index is 12.9. The fraction of sp³-hybridized carbons (Fsp3) is 0.529. The lowest BCUT2D eigenvalue weighted by molar-refractivity contribution is -0.274. The molecule has 2 atom stereocenters. The van der Waals surface area contributed by atoms with E-state index in [2.05, 4.69) is 4.74 Å². The minimum absolute atomic E-state index is 0.271. The molecule has 1 saturated carbocycles. The zero-order chi connectivity index (χ0) is 17.9. The van der Waals surface area contributed by atoms with Gasteiger partial charge in [0.25, 0.3) is 0 Å². The van der Waals surface area contributed by atoms with E-state index in [4.69, 9.17) is 0 Å². The maximum Gasteiger partial charge on any atom is 0.573 e. The Morgan fingerprint density at radius 2 is 1.71 bits per heavy atom. The Kier molecular flexibility index (Phi) is 3.48. The molecule has 2 aliphatic rings. The second-order valence-electron chi connectivity index (χ2n) is 7.17. The average molecular weight is 341 g/mol. The van der Waals surface area contributed by atoms with Crippen LogP contribution in [0, 0.1) is 16.7 Å². The van der Waals surface area contributed by atoms with Crippen LogP contribution in [-0.4, -0.2) is 18.2 Å². The molecule has 1 aromatic rings. The van der Waals surface area contributed by atoms with E-state index in [9.17, 15) is 22.8 Å². The topological polar surface area (TPSA) is 46.6 Å². The summed E-state index contributed by atoms with van der Waals surface area (Å²) in [7, 11) is 0. The van der Waals surface area contributed by atoms with Gasteiger partial charge >= 0.3 is 6.36 Å². The highest BCUT2D eigenvalue weighted by Crippen LogP contribution is 2.60. The van der Waals surface area contributed by atoms with Gasteiger partial charge in [-0.1, -0.05) is 20.8 Å². The fourth-order valence-corrected chi connectivity index (χ4v) is 3.86. The number of hydrogen-bond acceptors (Lipinski definition) is 3. The number of carbonyl (C=O) groups excluding carboxylic acids is 2. The fourth-order valence-electron chi connectivity index (χ4n) is 3.86. The molecule has 0 aromatic heterocycles. The van der Waals surface area contributed by atoms with Crippen molar-refractivity contribution in [1.29, 1.82) is 0 Å². The molecule has 4 nitrogen and oxygen atoms in total. The lowest BCUT2D eigenvalue weighted by Crippen LogP contribution is -2.59. The van der Waals surface area contributed by atoms with Crippen LogP contribution in [0.4, 0.5) is 18.9 Å². The number of ether oxygens (including phenoxy) is 1. The highest BCUT2D eigenvalue weighted by molar-refractivity contribution is 6.20. The van der Waals surface area contributed by atoms with E-state index in [0.717, 1.165) is 17.0 Å².